The fourth-order valence-electron chi connectivity index (χ4n) is 2.80. The van der Waals surface area contributed by atoms with Crippen LogP contribution in [0.4, 0.5) is 5.69 Å². The molecule has 3 rings (SSSR count). The monoisotopic (exact) mass is 503 g/mol. The van der Waals surface area contributed by atoms with Crippen molar-refractivity contribution in [1.29, 1.82) is 0 Å². The van der Waals surface area contributed by atoms with Gasteiger partial charge in [-0.1, -0.05) is 50.2 Å². The van der Waals surface area contributed by atoms with Crippen LogP contribution in [0.2, 0.25) is 0 Å². The number of rotatable bonds is 8. The highest BCUT2D eigenvalue weighted by Gasteiger charge is 2.14. The van der Waals surface area contributed by atoms with Gasteiger partial charge in [0.05, 0.1) is 19.8 Å². The summed E-state index contributed by atoms with van der Waals surface area (Å²) in [6.07, 6.45) is 8.59. The lowest BCUT2D eigenvalue weighted by molar-refractivity contribution is -0.359. The molecule has 1 aliphatic rings. The second-order valence-electron chi connectivity index (χ2n) is 6.91. The van der Waals surface area contributed by atoms with E-state index in [0.717, 1.165) is 24.1 Å². The standard InChI is InChI=1S/C19H16NO2.C5H13NO4S.C2H6/c1-15(21)20(17-8-3-2-4-9-17)14-13-18-12-11-16-7-5-6-10-19(16)22-18;1-9-10-11(7,8)5-3-2-4-6;1-2/h2-14H,1H3;2-6H2,1H3;1-2H3/q+1;;/b18-13+,20-14?;;. The van der Waals surface area contributed by atoms with E-state index in [4.69, 9.17) is 10.5 Å². The van der Waals surface area contributed by atoms with E-state index in [0.29, 0.717) is 25.1 Å². The van der Waals surface area contributed by atoms with Crippen LogP contribution in [0.1, 0.15) is 39.2 Å². The van der Waals surface area contributed by atoms with Crippen LogP contribution in [0.25, 0.3) is 6.08 Å². The number of ether oxygens (including phenoxy) is 1. The molecule has 0 saturated heterocycles. The first-order valence-electron chi connectivity index (χ1n) is 11.4. The topological polar surface area (TPSA) is 108 Å². The van der Waals surface area contributed by atoms with Crippen LogP contribution in [-0.4, -0.2) is 44.5 Å². The number of para-hydroxylation sites is 2. The first kappa shape index (κ1) is 29.9. The van der Waals surface area contributed by atoms with Crippen molar-refractivity contribution in [3.63, 3.8) is 0 Å². The van der Waals surface area contributed by atoms with E-state index in [-0.39, 0.29) is 11.7 Å². The number of nitrogens with two attached hydrogens (primary N) is 1. The zero-order valence-electron chi connectivity index (χ0n) is 20.7. The molecule has 2 aromatic carbocycles. The van der Waals surface area contributed by atoms with Gasteiger partial charge >= 0.3 is 5.91 Å². The summed E-state index contributed by atoms with van der Waals surface area (Å²) in [6.45, 7) is 6.03. The van der Waals surface area contributed by atoms with Gasteiger partial charge in [-0.3, -0.25) is 0 Å². The number of carbonyl (C=O) groups excluding carboxylic acids is 1. The SMILES string of the molecule is CC.CC(=O)[N+](=C/C=C1\C=Cc2ccccc2O1)c1ccccc1.COOS(=O)(=O)CCCCN. The number of allylic oxidation sites excluding steroid dienone is 2. The Kier molecular flexibility index (Phi) is 14.1. The van der Waals surface area contributed by atoms with Crippen molar-refractivity contribution in [3.05, 3.63) is 78.1 Å². The van der Waals surface area contributed by atoms with Crippen LogP contribution in [0, 0.1) is 0 Å². The number of nitrogens with zero attached hydrogens (tertiary/aromatic N) is 1. The fourth-order valence-corrected chi connectivity index (χ4v) is 3.64. The van der Waals surface area contributed by atoms with Gasteiger partial charge in [-0.05, 0) is 37.6 Å². The summed E-state index contributed by atoms with van der Waals surface area (Å²) < 4.78 is 32.8. The summed E-state index contributed by atoms with van der Waals surface area (Å²) in [5, 5.41) is 0. The van der Waals surface area contributed by atoms with Crippen LogP contribution >= 0.6 is 0 Å². The molecular weight excluding hydrogens is 468 g/mol. The number of carbonyl (C=O) groups is 1. The van der Waals surface area contributed by atoms with Crippen molar-refractivity contribution >= 4 is 34.0 Å². The van der Waals surface area contributed by atoms with E-state index in [2.05, 4.69) is 9.22 Å². The molecule has 1 aliphatic heterocycles. The van der Waals surface area contributed by atoms with E-state index >= 15 is 0 Å². The smallest absolute Gasteiger partial charge is 0.389 e. The van der Waals surface area contributed by atoms with Gasteiger partial charge in [0.2, 0.25) is 5.69 Å². The van der Waals surface area contributed by atoms with Gasteiger partial charge in [-0.2, -0.15) is 8.42 Å². The third kappa shape index (κ3) is 11.2. The van der Waals surface area contributed by atoms with Gasteiger partial charge in [0.25, 0.3) is 10.1 Å². The second kappa shape index (κ2) is 16.5. The third-order valence-electron chi connectivity index (χ3n) is 4.36. The minimum atomic E-state index is -3.48. The molecule has 2 N–H and O–H groups in total. The van der Waals surface area contributed by atoms with E-state index in [1.54, 1.807) is 16.9 Å². The van der Waals surface area contributed by atoms with Gasteiger partial charge < -0.3 is 10.5 Å². The van der Waals surface area contributed by atoms with Crippen LogP contribution in [-0.2, 0) is 24.1 Å². The summed E-state index contributed by atoms with van der Waals surface area (Å²) in [5.74, 6) is 1.42. The molecule has 1 amide bonds. The quantitative estimate of drug-likeness (QED) is 0.184. The van der Waals surface area contributed by atoms with Crippen molar-refractivity contribution in [3.8, 4) is 5.75 Å². The molecule has 0 radical (unpaired) electrons. The zero-order chi connectivity index (χ0) is 26.1. The van der Waals surface area contributed by atoms with Crippen molar-refractivity contribution in [2.24, 2.45) is 5.73 Å². The lowest BCUT2D eigenvalue weighted by Gasteiger charge is -2.13. The predicted octanol–water partition coefficient (Wildman–Crippen LogP) is 4.60. The lowest BCUT2D eigenvalue weighted by atomic mass is 10.1. The second-order valence-corrected chi connectivity index (χ2v) is 8.57. The Morgan fingerprint density at radius 3 is 2.31 bits per heavy atom. The molecule has 0 bridgehead atoms. The predicted molar refractivity (Wildman–Crippen MR) is 139 cm³/mol. The minimum absolute atomic E-state index is 0.0436. The van der Waals surface area contributed by atoms with E-state index < -0.39 is 10.1 Å². The summed E-state index contributed by atoms with van der Waals surface area (Å²) in [7, 11) is -2.33. The van der Waals surface area contributed by atoms with Gasteiger partial charge in [-0.25, -0.2) is 9.68 Å². The molecule has 0 saturated carbocycles. The molecule has 8 nitrogen and oxygen atoms in total. The highest BCUT2D eigenvalue weighted by atomic mass is 32.2. The zero-order valence-corrected chi connectivity index (χ0v) is 21.5. The normalized spacial score (nSPS) is 13.5. The van der Waals surface area contributed by atoms with E-state index in [1.807, 2.05) is 80.6 Å². The molecule has 1 heterocycles. The number of hydrogen-bond acceptors (Lipinski definition) is 7. The molecule has 2 aromatic rings. The van der Waals surface area contributed by atoms with Crippen LogP contribution in [0.15, 0.2) is 72.5 Å². The molecule has 0 aliphatic carbocycles. The van der Waals surface area contributed by atoms with Gasteiger partial charge in [0.1, 0.15) is 11.5 Å². The Hall–Kier alpha value is -3.11. The van der Waals surface area contributed by atoms with Gasteiger partial charge in [0.15, 0.2) is 6.21 Å². The van der Waals surface area contributed by atoms with E-state index in [9.17, 15) is 13.2 Å². The molecule has 190 valence electrons. The summed E-state index contributed by atoms with van der Waals surface area (Å²) in [4.78, 5) is 15.8. The number of amides is 1. The Morgan fingerprint density at radius 1 is 1.03 bits per heavy atom. The Bertz CT molecular complexity index is 1110. The molecule has 35 heavy (non-hydrogen) atoms. The maximum atomic E-state index is 11.8. The van der Waals surface area contributed by atoms with Crippen molar-refractivity contribution < 1.29 is 31.7 Å². The molecule has 0 atom stereocenters. The van der Waals surface area contributed by atoms with Crippen molar-refractivity contribution in [2.45, 2.75) is 33.6 Å². The van der Waals surface area contributed by atoms with Crippen LogP contribution < -0.4 is 10.5 Å². The van der Waals surface area contributed by atoms with Gasteiger partial charge in [0, 0.05) is 23.8 Å². The number of hydrogen-bond donors (Lipinski definition) is 1. The molecule has 0 aromatic heterocycles. The molecular formula is C26H35N2O6S+. The highest BCUT2D eigenvalue weighted by molar-refractivity contribution is 7.86. The van der Waals surface area contributed by atoms with Crippen molar-refractivity contribution in [2.75, 3.05) is 19.4 Å². The Balaban J connectivity index is 0.000000401. The molecule has 9 heteroatoms. The summed E-state index contributed by atoms with van der Waals surface area (Å²) in [6, 6.07) is 17.3. The Labute approximate surface area is 208 Å². The average Bonchev–Trinajstić information content (AvgIpc) is 2.86. The molecule has 0 spiro atoms. The maximum Gasteiger partial charge on any atom is 0.389 e. The lowest BCUT2D eigenvalue weighted by Crippen LogP contribution is -2.13. The third-order valence-corrected chi connectivity index (χ3v) is 5.49. The molecule has 0 unspecified atom stereocenters. The minimum Gasteiger partial charge on any atom is -0.457 e. The van der Waals surface area contributed by atoms with E-state index in [1.165, 1.54) is 6.92 Å². The number of fused-ring (bicyclic) bond motifs is 1. The summed E-state index contributed by atoms with van der Waals surface area (Å²) >= 11 is 0. The van der Waals surface area contributed by atoms with Crippen molar-refractivity contribution in [1.82, 2.24) is 0 Å². The fraction of sp³-hybridized carbons (Fsp3) is 0.308. The van der Waals surface area contributed by atoms with Crippen LogP contribution in [0.3, 0.4) is 0 Å². The first-order chi connectivity index (χ1) is 16.9. The van der Waals surface area contributed by atoms with Crippen LogP contribution in [0.5, 0.6) is 5.75 Å². The number of benzene rings is 2. The summed E-state index contributed by atoms with van der Waals surface area (Å²) in [5.41, 5.74) is 7.04. The highest BCUT2D eigenvalue weighted by Crippen LogP contribution is 2.26. The largest absolute Gasteiger partial charge is 0.457 e. The van der Waals surface area contributed by atoms with Gasteiger partial charge in [-0.15, -0.1) is 8.91 Å². The molecule has 0 fully saturated rings. The Morgan fingerprint density at radius 2 is 1.69 bits per heavy atom. The maximum absolute atomic E-state index is 11.8. The number of unbranched alkanes of at least 4 members (excludes halogenated alkanes) is 1. The first-order valence-corrected chi connectivity index (χ1v) is 12.9. The average molecular weight is 504 g/mol.